The average Bonchev–Trinajstić information content (AvgIpc) is 2.05. The summed E-state index contributed by atoms with van der Waals surface area (Å²) in [5.74, 6) is 0.654. The molecule has 86 valence electrons. The summed E-state index contributed by atoms with van der Waals surface area (Å²) in [7, 11) is -2.73. The molecule has 2 heterocycles. The Morgan fingerprint density at radius 3 is 2.40 bits per heavy atom. The minimum atomic E-state index is -2.73. The minimum absolute atomic E-state index is 0.327. The molecular formula is C10H18N2O2S. The van der Waals surface area contributed by atoms with Gasteiger partial charge >= 0.3 is 0 Å². The van der Waals surface area contributed by atoms with E-state index in [-0.39, 0.29) is 0 Å². The standard InChI is InChI=1S/C10H18N2O2S/c1-9(10-6-11-7-10)8-12-2-4-15(13,14)5-3-12/h11H,2-8H2,1H3. The molecule has 2 aliphatic rings. The third kappa shape index (κ3) is 2.80. The number of rotatable bonds is 2. The van der Waals surface area contributed by atoms with Crippen molar-refractivity contribution in [2.75, 3.05) is 44.2 Å². The zero-order valence-electron chi connectivity index (χ0n) is 9.12. The summed E-state index contributed by atoms with van der Waals surface area (Å²) < 4.78 is 22.5. The maximum atomic E-state index is 11.2. The first-order valence-electron chi connectivity index (χ1n) is 5.38. The van der Waals surface area contributed by atoms with E-state index in [1.54, 1.807) is 0 Å². The molecule has 15 heavy (non-hydrogen) atoms. The predicted molar refractivity (Wildman–Crippen MR) is 60.7 cm³/mol. The van der Waals surface area contributed by atoms with Gasteiger partial charge in [-0.1, -0.05) is 5.57 Å². The number of nitrogens with one attached hydrogen (secondary N) is 1. The Hall–Kier alpha value is -0.390. The lowest BCUT2D eigenvalue weighted by atomic mass is 10.0. The zero-order chi connectivity index (χ0) is 10.9. The summed E-state index contributed by atoms with van der Waals surface area (Å²) in [4.78, 5) is 2.24. The molecule has 0 atom stereocenters. The average molecular weight is 230 g/mol. The molecule has 0 aromatic rings. The van der Waals surface area contributed by atoms with Crippen molar-refractivity contribution in [3.63, 3.8) is 0 Å². The van der Waals surface area contributed by atoms with E-state index in [0.29, 0.717) is 24.6 Å². The van der Waals surface area contributed by atoms with Gasteiger partial charge in [-0.05, 0) is 12.5 Å². The molecule has 0 aliphatic carbocycles. The maximum Gasteiger partial charge on any atom is 0.152 e. The number of nitrogens with zero attached hydrogens (tertiary/aromatic N) is 1. The number of hydrogen-bond donors (Lipinski definition) is 1. The van der Waals surface area contributed by atoms with E-state index in [4.69, 9.17) is 0 Å². The van der Waals surface area contributed by atoms with E-state index in [9.17, 15) is 8.42 Å². The quantitative estimate of drug-likeness (QED) is 0.658. The highest BCUT2D eigenvalue weighted by Crippen LogP contribution is 2.12. The summed E-state index contributed by atoms with van der Waals surface area (Å²) in [6.45, 7) is 6.50. The highest BCUT2D eigenvalue weighted by molar-refractivity contribution is 7.91. The molecule has 5 heteroatoms. The van der Waals surface area contributed by atoms with Gasteiger partial charge in [0.15, 0.2) is 9.84 Å². The van der Waals surface area contributed by atoms with Crippen molar-refractivity contribution in [2.45, 2.75) is 6.92 Å². The van der Waals surface area contributed by atoms with Crippen LogP contribution in [-0.2, 0) is 9.84 Å². The molecule has 2 fully saturated rings. The zero-order valence-corrected chi connectivity index (χ0v) is 9.94. The highest BCUT2D eigenvalue weighted by atomic mass is 32.2. The highest BCUT2D eigenvalue weighted by Gasteiger charge is 2.22. The van der Waals surface area contributed by atoms with E-state index < -0.39 is 9.84 Å². The van der Waals surface area contributed by atoms with Crippen molar-refractivity contribution in [3.8, 4) is 0 Å². The van der Waals surface area contributed by atoms with Crippen LogP contribution in [0.2, 0.25) is 0 Å². The summed E-state index contributed by atoms with van der Waals surface area (Å²) >= 11 is 0. The lowest BCUT2D eigenvalue weighted by Crippen LogP contribution is -2.42. The fourth-order valence-corrected chi connectivity index (χ4v) is 3.18. The van der Waals surface area contributed by atoms with Crippen LogP contribution in [-0.4, -0.2) is 57.5 Å². The Kier molecular flexibility index (Phi) is 3.13. The molecule has 0 spiro atoms. The Bertz CT molecular complexity index is 353. The Balaban J connectivity index is 1.87. The molecule has 0 amide bonds. The normalized spacial score (nSPS) is 26.1. The molecule has 0 aromatic carbocycles. The lowest BCUT2D eigenvalue weighted by molar-refractivity contribution is 0.318. The summed E-state index contributed by atoms with van der Waals surface area (Å²) in [5.41, 5.74) is 2.90. The SMILES string of the molecule is CC(CN1CCS(=O)(=O)CC1)=C1CNC1. The first-order valence-corrected chi connectivity index (χ1v) is 7.20. The summed E-state index contributed by atoms with van der Waals surface area (Å²) in [6.07, 6.45) is 0. The molecule has 0 aromatic heterocycles. The lowest BCUT2D eigenvalue weighted by Gasteiger charge is -2.29. The molecule has 2 saturated heterocycles. The van der Waals surface area contributed by atoms with Crippen LogP contribution in [0.5, 0.6) is 0 Å². The van der Waals surface area contributed by atoms with Crippen molar-refractivity contribution >= 4 is 9.84 Å². The van der Waals surface area contributed by atoms with Crippen LogP contribution >= 0.6 is 0 Å². The molecular weight excluding hydrogens is 212 g/mol. The molecule has 2 aliphatic heterocycles. The first kappa shape index (κ1) is 11.1. The first-order chi connectivity index (χ1) is 7.07. The molecule has 0 unspecified atom stereocenters. The molecule has 0 radical (unpaired) electrons. The van der Waals surface area contributed by atoms with Gasteiger partial charge in [0.05, 0.1) is 11.5 Å². The summed E-state index contributed by atoms with van der Waals surface area (Å²) in [6, 6.07) is 0. The predicted octanol–water partition coefficient (Wildman–Crippen LogP) is -0.363. The van der Waals surface area contributed by atoms with Crippen LogP contribution in [0.4, 0.5) is 0 Å². The maximum absolute atomic E-state index is 11.2. The van der Waals surface area contributed by atoms with E-state index in [1.807, 2.05) is 0 Å². The van der Waals surface area contributed by atoms with Gasteiger partial charge in [0.2, 0.25) is 0 Å². The summed E-state index contributed by atoms with van der Waals surface area (Å²) in [5, 5.41) is 3.22. The second kappa shape index (κ2) is 4.23. The van der Waals surface area contributed by atoms with Gasteiger partial charge in [0.1, 0.15) is 0 Å². The molecule has 4 nitrogen and oxygen atoms in total. The van der Waals surface area contributed by atoms with Gasteiger partial charge in [-0.15, -0.1) is 0 Å². The Morgan fingerprint density at radius 1 is 1.33 bits per heavy atom. The fourth-order valence-electron chi connectivity index (χ4n) is 1.91. The molecule has 2 rings (SSSR count). The van der Waals surface area contributed by atoms with Gasteiger partial charge in [0.25, 0.3) is 0 Å². The van der Waals surface area contributed by atoms with E-state index in [2.05, 4.69) is 17.1 Å². The number of sulfone groups is 1. The van der Waals surface area contributed by atoms with Gasteiger partial charge in [0, 0.05) is 32.7 Å². The van der Waals surface area contributed by atoms with Crippen LogP contribution in [0, 0.1) is 0 Å². The van der Waals surface area contributed by atoms with Crippen LogP contribution < -0.4 is 5.32 Å². The van der Waals surface area contributed by atoms with Crippen LogP contribution in [0.3, 0.4) is 0 Å². The van der Waals surface area contributed by atoms with Crippen LogP contribution in [0.15, 0.2) is 11.1 Å². The van der Waals surface area contributed by atoms with E-state index in [1.165, 1.54) is 11.1 Å². The van der Waals surface area contributed by atoms with Crippen molar-refractivity contribution in [2.24, 2.45) is 0 Å². The van der Waals surface area contributed by atoms with Crippen molar-refractivity contribution < 1.29 is 8.42 Å². The molecule has 0 saturated carbocycles. The van der Waals surface area contributed by atoms with Gasteiger partial charge in [-0.25, -0.2) is 8.42 Å². The molecule has 1 N–H and O–H groups in total. The second-order valence-electron chi connectivity index (χ2n) is 4.42. The topological polar surface area (TPSA) is 49.4 Å². The van der Waals surface area contributed by atoms with E-state index >= 15 is 0 Å². The van der Waals surface area contributed by atoms with Gasteiger partial charge in [-0.2, -0.15) is 0 Å². The van der Waals surface area contributed by atoms with Crippen LogP contribution in [0.1, 0.15) is 6.92 Å². The Morgan fingerprint density at radius 2 is 1.93 bits per heavy atom. The van der Waals surface area contributed by atoms with Gasteiger partial charge in [-0.3, -0.25) is 4.90 Å². The van der Waals surface area contributed by atoms with Gasteiger partial charge < -0.3 is 5.32 Å². The minimum Gasteiger partial charge on any atom is -0.309 e. The fraction of sp³-hybridized carbons (Fsp3) is 0.800. The monoisotopic (exact) mass is 230 g/mol. The van der Waals surface area contributed by atoms with Crippen molar-refractivity contribution in [1.29, 1.82) is 0 Å². The van der Waals surface area contributed by atoms with Crippen molar-refractivity contribution in [1.82, 2.24) is 10.2 Å². The largest absolute Gasteiger partial charge is 0.309 e. The molecule has 0 bridgehead atoms. The van der Waals surface area contributed by atoms with E-state index in [0.717, 1.165) is 19.6 Å². The third-order valence-electron chi connectivity index (χ3n) is 3.18. The van der Waals surface area contributed by atoms with Crippen molar-refractivity contribution in [3.05, 3.63) is 11.1 Å². The Labute approximate surface area is 91.3 Å². The van der Waals surface area contributed by atoms with Crippen LogP contribution in [0.25, 0.3) is 0 Å². The smallest absolute Gasteiger partial charge is 0.152 e. The number of hydrogen-bond acceptors (Lipinski definition) is 4. The second-order valence-corrected chi connectivity index (χ2v) is 6.72. The third-order valence-corrected chi connectivity index (χ3v) is 4.79.